The van der Waals surface area contributed by atoms with Crippen molar-refractivity contribution in [3.8, 4) is 0 Å². The van der Waals surface area contributed by atoms with E-state index < -0.39 is 0 Å². The molecule has 0 aliphatic heterocycles. The summed E-state index contributed by atoms with van der Waals surface area (Å²) in [6, 6.07) is 13.6. The normalized spacial score (nSPS) is 10.3. The highest BCUT2D eigenvalue weighted by Gasteiger charge is 2.07. The second-order valence-electron chi connectivity index (χ2n) is 4.96. The van der Waals surface area contributed by atoms with Crippen LogP contribution in [0.5, 0.6) is 0 Å². The fourth-order valence-electron chi connectivity index (χ4n) is 2.12. The number of halogens is 1. The molecule has 0 fully saturated rings. The zero-order valence-electron chi connectivity index (χ0n) is 11.7. The summed E-state index contributed by atoms with van der Waals surface area (Å²) in [6.07, 6.45) is 1.08. The van der Waals surface area contributed by atoms with Crippen molar-refractivity contribution < 1.29 is 4.79 Å². The molecule has 0 bridgehead atoms. The first kappa shape index (κ1) is 14.6. The maximum atomic E-state index is 12.0. The zero-order chi connectivity index (χ0) is 14.5. The molecule has 0 unspecified atom stereocenters. The summed E-state index contributed by atoms with van der Waals surface area (Å²) in [6.45, 7) is 4.03. The third kappa shape index (κ3) is 3.84. The lowest BCUT2D eigenvalue weighted by atomic mass is 10.1. The largest absolute Gasteiger partial charge is 0.326 e. The van der Waals surface area contributed by atoms with Crippen molar-refractivity contribution in [2.75, 3.05) is 5.32 Å². The molecule has 0 aromatic heterocycles. The molecule has 0 saturated heterocycles. The minimum absolute atomic E-state index is 0.0110. The highest BCUT2D eigenvalue weighted by molar-refractivity contribution is 6.31. The van der Waals surface area contributed by atoms with Crippen LogP contribution < -0.4 is 5.32 Å². The smallest absolute Gasteiger partial charge is 0.224 e. The summed E-state index contributed by atoms with van der Waals surface area (Å²) in [5.74, 6) is 0.0110. The summed E-state index contributed by atoms with van der Waals surface area (Å²) in [7, 11) is 0. The van der Waals surface area contributed by atoms with Gasteiger partial charge in [0.1, 0.15) is 0 Å². The van der Waals surface area contributed by atoms with Gasteiger partial charge in [0.25, 0.3) is 0 Å². The Morgan fingerprint density at radius 1 is 1.15 bits per heavy atom. The number of anilines is 1. The van der Waals surface area contributed by atoms with Crippen LogP contribution in [-0.2, 0) is 11.2 Å². The van der Waals surface area contributed by atoms with Crippen LogP contribution in [0.4, 0.5) is 5.69 Å². The number of carbonyl (C=O) groups excluding carboxylic acids is 1. The maximum Gasteiger partial charge on any atom is 0.224 e. The van der Waals surface area contributed by atoms with Crippen molar-refractivity contribution in [1.29, 1.82) is 0 Å². The Hall–Kier alpha value is -1.80. The Labute approximate surface area is 124 Å². The second-order valence-corrected chi connectivity index (χ2v) is 5.37. The standard InChI is InChI=1S/C17H18ClNO/c1-12-7-9-16(13(2)11-12)19-17(20)10-8-14-5-3-4-6-15(14)18/h3-7,9,11H,8,10H2,1-2H3,(H,19,20). The SMILES string of the molecule is Cc1ccc(NC(=O)CCc2ccccc2Cl)c(C)c1. The topological polar surface area (TPSA) is 29.1 Å². The Kier molecular flexibility index (Phi) is 4.80. The Bertz CT molecular complexity index is 622. The van der Waals surface area contributed by atoms with Crippen LogP contribution in [0.2, 0.25) is 5.02 Å². The minimum Gasteiger partial charge on any atom is -0.326 e. The van der Waals surface area contributed by atoms with Crippen LogP contribution in [0.15, 0.2) is 42.5 Å². The first-order valence-electron chi connectivity index (χ1n) is 6.67. The quantitative estimate of drug-likeness (QED) is 0.879. The number of hydrogen-bond acceptors (Lipinski definition) is 1. The summed E-state index contributed by atoms with van der Waals surface area (Å²) in [4.78, 5) is 12.0. The average molecular weight is 288 g/mol. The van der Waals surface area contributed by atoms with Gasteiger partial charge < -0.3 is 5.32 Å². The number of nitrogens with one attached hydrogen (secondary N) is 1. The fraction of sp³-hybridized carbons (Fsp3) is 0.235. The molecule has 3 heteroatoms. The van der Waals surface area contributed by atoms with Gasteiger partial charge in [-0.05, 0) is 43.5 Å². The molecule has 0 radical (unpaired) electrons. The van der Waals surface area contributed by atoms with E-state index in [2.05, 4.69) is 11.4 Å². The van der Waals surface area contributed by atoms with E-state index in [4.69, 9.17) is 11.6 Å². The lowest BCUT2D eigenvalue weighted by Gasteiger charge is -2.09. The first-order chi connectivity index (χ1) is 9.56. The van der Waals surface area contributed by atoms with Gasteiger partial charge in [-0.1, -0.05) is 47.5 Å². The Morgan fingerprint density at radius 2 is 1.90 bits per heavy atom. The molecule has 0 aliphatic carbocycles. The summed E-state index contributed by atoms with van der Waals surface area (Å²) in [5.41, 5.74) is 4.15. The van der Waals surface area contributed by atoms with Crippen molar-refractivity contribution in [3.63, 3.8) is 0 Å². The van der Waals surface area contributed by atoms with Gasteiger partial charge in [-0.15, -0.1) is 0 Å². The van der Waals surface area contributed by atoms with Crippen molar-refractivity contribution in [3.05, 3.63) is 64.2 Å². The summed E-state index contributed by atoms with van der Waals surface area (Å²) < 4.78 is 0. The molecule has 0 saturated carbocycles. The van der Waals surface area contributed by atoms with E-state index in [9.17, 15) is 4.79 Å². The number of amides is 1. The predicted molar refractivity (Wildman–Crippen MR) is 84.3 cm³/mol. The average Bonchev–Trinajstić information content (AvgIpc) is 2.41. The number of rotatable bonds is 4. The first-order valence-corrected chi connectivity index (χ1v) is 7.04. The van der Waals surface area contributed by atoms with Gasteiger partial charge in [-0.3, -0.25) is 4.79 Å². The molecule has 2 aromatic rings. The van der Waals surface area contributed by atoms with Crippen LogP contribution in [0.3, 0.4) is 0 Å². The Balaban J connectivity index is 1.94. The lowest BCUT2D eigenvalue weighted by molar-refractivity contribution is -0.116. The van der Waals surface area contributed by atoms with Gasteiger partial charge in [-0.25, -0.2) is 0 Å². The number of hydrogen-bond donors (Lipinski definition) is 1. The van der Waals surface area contributed by atoms with Crippen LogP contribution in [0, 0.1) is 13.8 Å². The van der Waals surface area contributed by atoms with Crippen LogP contribution in [0.25, 0.3) is 0 Å². The highest BCUT2D eigenvalue weighted by Crippen LogP contribution is 2.18. The summed E-state index contributed by atoms with van der Waals surface area (Å²) >= 11 is 6.08. The lowest BCUT2D eigenvalue weighted by Crippen LogP contribution is -2.13. The van der Waals surface area contributed by atoms with E-state index >= 15 is 0 Å². The summed E-state index contributed by atoms with van der Waals surface area (Å²) in [5, 5.41) is 3.66. The van der Waals surface area contributed by atoms with Gasteiger partial charge in [0, 0.05) is 17.1 Å². The van der Waals surface area contributed by atoms with Crippen molar-refractivity contribution in [2.24, 2.45) is 0 Å². The van der Waals surface area contributed by atoms with Crippen molar-refractivity contribution >= 4 is 23.2 Å². The van der Waals surface area contributed by atoms with Gasteiger partial charge in [0.15, 0.2) is 0 Å². The van der Waals surface area contributed by atoms with Crippen LogP contribution in [-0.4, -0.2) is 5.91 Å². The molecule has 0 aliphatic rings. The van der Waals surface area contributed by atoms with E-state index in [-0.39, 0.29) is 5.91 Å². The van der Waals surface area contributed by atoms with E-state index in [0.717, 1.165) is 16.8 Å². The molecule has 0 spiro atoms. The molecule has 20 heavy (non-hydrogen) atoms. The third-order valence-corrected chi connectivity index (χ3v) is 3.60. The molecular formula is C17H18ClNO. The molecular weight excluding hydrogens is 270 g/mol. The fourth-order valence-corrected chi connectivity index (χ4v) is 2.35. The number of benzene rings is 2. The molecule has 0 atom stereocenters. The molecule has 2 rings (SSSR count). The maximum absolute atomic E-state index is 12.0. The van der Waals surface area contributed by atoms with E-state index in [1.54, 1.807) is 0 Å². The van der Waals surface area contributed by atoms with Gasteiger partial charge in [0.2, 0.25) is 5.91 Å². The third-order valence-electron chi connectivity index (χ3n) is 3.24. The molecule has 2 nitrogen and oxygen atoms in total. The molecule has 1 amide bonds. The Morgan fingerprint density at radius 3 is 2.60 bits per heavy atom. The van der Waals surface area contributed by atoms with Crippen LogP contribution in [0.1, 0.15) is 23.1 Å². The molecule has 1 N–H and O–H groups in total. The molecule has 0 heterocycles. The number of carbonyl (C=O) groups is 1. The minimum atomic E-state index is 0.0110. The molecule has 2 aromatic carbocycles. The van der Waals surface area contributed by atoms with Crippen molar-refractivity contribution in [1.82, 2.24) is 0 Å². The van der Waals surface area contributed by atoms with E-state index in [1.165, 1.54) is 5.56 Å². The monoisotopic (exact) mass is 287 g/mol. The van der Waals surface area contributed by atoms with E-state index in [0.29, 0.717) is 17.9 Å². The second kappa shape index (κ2) is 6.58. The molecule has 104 valence electrons. The highest BCUT2D eigenvalue weighted by atomic mass is 35.5. The van der Waals surface area contributed by atoms with Gasteiger partial charge >= 0.3 is 0 Å². The predicted octanol–water partition coefficient (Wildman–Crippen LogP) is 4.53. The zero-order valence-corrected chi connectivity index (χ0v) is 12.5. The van der Waals surface area contributed by atoms with Crippen LogP contribution >= 0.6 is 11.6 Å². The number of aryl methyl sites for hydroxylation is 3. The van der Waals surface area contributed by atoms with Gasteiger partial charge in [0.05, 0.1) is 0 Å². The van der Waals surface area contributed by atoms with Gasteiger partial charge in [-0.2, -0.15) is 0 Å². The van der Waals surface area contributed by atoms with Crippen molar-refractivity contribution in [2.45, 2.75) is 26.7 Å². The van der Waals surface area contributed by atoms with E-state index in [1.807, 2.05) is 50.2 Å².